The minimum Gasteiger partial charge on any atom is -0.354 e. The molecule has 1 rings (SSSR count). The van der Waals surface area contributed by atoms with E-state index >= 15 is 0 Å². The maximum Gasteiger partial charge on any atom is 0.234 e. The molecule has 0 aromatic rings. The maximum atomic E-state index is 11.6. The van der Waals surface area contributed by atoms with Crippen LogP contribution in [0.25, 0.3) is 0 Å². The standard InChI is InChI=1S/C13H27N3O/c1-11(2)16(3)9-8-14-13(17)10-15-12-6-4-5-7-12/h11-12,15H,4-10H2,1-3H3,(H,14,17). The van der Waals surface area contributed by atoms with Crippen LogP contribution in [-0.4, -0.2) is 49.6 Å². The Morgan fingerprint density at radius 2 is 2.00 bits per heavy atom. The molecule has 0 aromatic carbocycles. The smallest absolute Gasteiger partial charge is 0.234 e. The van der Waals surface area contributed by atoms with Crippen LogP contribution in [0.15, 0.2) is 0 Å². The van der Waals surface area contributed by atoms with Gasteiger partial charge in [-0.05, 0) is 33.7 Å². The van der Waals surface area contributed by atoms with E-state index in [1.165, 1.54) is 25.7 Å². The second kappa shape index (κ2) is 7.67. The molecule has 1 aliphatic rings. The summed E-state index contributed by atoms with van der Waals surface area (Å²) in [6, 6.07) is 1.10. The number of rotatable bonds is 7. The summed E-state index contributed by atoms with van der Waals surface area (Å²) in [5, 5.41) is 6.27. The van der Waals surface area contributed by atoms with Crippen LogP contribution in [0.4, 0.5) is 0 Å². The first kappa shape index (κ1) is 14.5. The second-order valence-electron chi connectivity index (χ2n) is 5.29. The summed E-state index contributed by atoms with van der Waals surface area (Å²) in [4.78, 5) is 13.8. The van der Waals surface area contributed by atoms with Crippen LogP contribution in [0.5, 0.6) is 0 Å². The van der Waals surface area contributed by atoms with Crippen LogP contribution in [0.3, 0.4) is 0 Å². The molecule has 0 unspecified atom stereocenters. The number of nitrogens with one attached hydrogen (secondary N) is 2. The van der Waals surface area contributed by atoms with E-state index in [4.69, 9.17) is 0 Å². The number of carbonyl (C=O) groups is 1. The van der Waals surface area contributed by atoms with Crippen LogP contribution >= 0.6 is 0 Å². The predicted octanol–water partition coefficient (Wildman–Crippen LogP) is 0.975. The second-order valence-corrected chi connectivity index (χ2v) is 5.29. The van der Waals surface area contributed by atoms with E-state index in [0.29, 0.717) is 18.6 Å². The van der Waals surface area contributed by atoms with Crippen LogP contribution in [0, 0.1) is 0 Å². The molecular formula is C13H27N3O. The first-order valence-electron chi connectivity index (χ1n) is 6.80. The normalized spacial score (nSPS) is 17.0. The van der Waals surface area contributed by atoms with Crippen molar-refractivity contribution in [1.82, 2.24) is 15.5 Å². The van der Waals surface area contributed by atoms with E-state index in [2.05, 4.69) is 36.4 Å². The molecule has 4 heteroatoms. The fourth-order valence-electron chi connectivity index (χ4n) is 2.06. The lowest BCUT2D eigenvalue weighted by molar-refractivity contribution is -0.120. The van der Waals surface area contributed by atoms with Gasteiger partial charge in [0.25, 0.3) is 0 Å². The van der Waals surface area contributed by atoms with Crippen molar-refractivity contribution in [2.24, 2.45) is 0 Å². The Morgan fingerprint density at radius 3 is 2.59 bits per heavy atom. The molecule has 0 bridgehead atoms. The Balaban J connectivity index is 2.00. The molecule has 0 atom stereocenters. The van der Waals surface area contributed by atoms with Crippen molar-refractivity contribution in [2.75, 3.05) is 26.7 Å². The Morgan fingerprint density at radius 1 is 1.35 bits per heavy atom. The summed E-state index contributed by atoms with van der Waals surface area (Å²) >= 11 is 0. The number of amides is 1. The van der Waals surface area contributed by atoms with Gasteiger partial charge in [-0.1, -0.05) is 12.8 Å². The van der Waals surface area contributed by atoms with Gasteiger partial charge < -0.3 is 15.5 Å². The zero-order valence-electron chi connectivity index (χ0n) is 11.5. The van der Waals surface area contributed by atoms with Crippen molar-refractivity contribution in [3.05, 3.63) is 0 Å². The lowest BCUT2D eigenvalue weighted by atomic mass is 10.2. The quantitative estimate of drug-likeness (QED) is 0.698. The summed E-state index contributed by atoms with van der Waals surface area (Å²) in [7, 11) is 2.08. The van der Waals surface area contributed by atoms with Gasteiger partial charge in [0.2, 0.25) is 5.91 Å². The van der Waals surface area contributed by atoms with Gasteiger partial charge in [0.05, 0.1) is 6.54 Å². The highest BCUT2D eigenvalue weighted by Crippen LogP contribution is 2.17. The first-order valence-corrected chi connectivity index (χ1v) is 6.80. The molecular weight excluding hydrogens is 214 g/mol. The summed E-state index contributed by atoms with van der Waals surface area (Å²) in [5.41, 5.74) is 0. The van der Waals surface area contributed by atoms with Crippen molar-refractivity contribution >= 4 is 5.91 Å². The summed E-state index contributed by atoms with van der Waals surface area (Å²) in [5.74, 6) is 0.119. The fraction of sp³-hybridized carbons (Fsp3) is 0.923. The molecule has 0 spiro atoms. The van der Waals surface area contributed by atoms with Gasteiger partial charge in [0, 0.05) is 25.2 Å². The summed E-state index contributed by atoms with van der Waals surface area (Å²) in [6.07, 6.45) is 5.06. The molecule has 1 amide bonds. The van der Waals surface area contributed by atoms with Crippen molar-refractivity contribution in [3.8, 4) is 0 Å². The number of nitrogens with zero attached hydrogens (tertiary/aromatic N) is 1. The molecule has 0 radical (unpaired) electrons. The summed E-state index contributed by atoms with van der Waals surface area (Å²) < 4.78 is 0. The van der Waals surface area contributed by atoms with Gasteiger partial charge in [0.15, 0.2) is 0 Å². The largest absolute Gasteiger partial charge is 0.354 e. The maximum absolute atomic E-state index is 11.6. The van der Waals surface area contributed by atoms with Gasteiger partial charge in [-0.25, -0.2) is 0 Å². The SMILES string of the molecule is CC(C)N(C)CCNC(=O)CNC1CCCC1. The minimum absolute atomic E-state index is 0.119. The van der Waals surface area contributed by atoms with Crippen molar-refractivity contribution in [1.29, 1.82) is 0 Å². The van der Waals surface area contributed by atoms with E-state index in [1.54, 1.807) is 0 Å². The van der Waals surface area contributed by atoms with E-state index in [9.17, 15) is 4.79 Å². The third kappa shape index (κ3) is 6.03. The molecule has 1 fully saturated rings. The molecule has 100 valence electrons. The van der Waals surface area contributed by atoms with Gasteiger partial charge in [-0.15, -0.1) is 0 Å². The number of hydrogen-bond acceptors (Lipinski definition) is 3. The molecule has 0 saturated heterocycles. The van der Waals surface area contributed by atoms with Gasteiger partial charge in [-0.3, -0.25) is 4.79 Å². The third-order valence-electron chi connectivity index (χ3n) is 3.57. The van der Waals surface area contributed by atoms with E-state index in [-0.39, 0.29) is 5.91 Å². The van der Waals surface area contributed by atoms with Crippen LogP contribution in [0.1, 0.15) is 39.5 Å². The highest BCUT2D eigenvalue weighted by Gasteiger charge is 2.15. The van der Waals surface area contributed by atoms with Crippen molar-refractivity contribution < 1.29 is 4.79 Å². The highest BCUT2D eigenvalue weighted by molar-refractivity contribution is 5.77. The van der Waals surface area contributed by atoms with E-state index in [1.807, 2.05) is 0 Å². The number of carbonyl (C=O) groups excluding carboxylic acids is 1. The van der Waals surface area contributed by atoms with Crippen molar-refractivity contribution in [2.45, 2.75) is 51.6 Å². The average Bonchev–Trinajstić information content (AvgIpc) is 2.78. The molecule has 17 heavy (non-hydrogen) atoms. The van der Waals surface area contributed by atoms with E-state index in [0.717, 1.165) is 13.1 Å². The molecule has 0 aromatic heterocycles. The Bertz CT molecular complexity index is 225. The molecule has 0 heterocycles. The van der Waals surface area contributed by atoms with Crippen LogP contribution < -0.4 is 10.6 Å². The van der Waals surface area contributed by atoms with Gasteiger partial charge >= 0.3 is 0 Å². The average molecular weight is 241 g/mol. The van der Waals surface area contributed by atoms with Crippen molar-refractivity contribution in [3.63, 3.8) is 0 Å². The zero-order chi connectivity index (χ0) is 12.7. The lowest BCUT2D eigenvalue weighted by Crippen LogP contribution is -2.41. The Hall–Kier alpha value is -0.610. The number of hydrogen-bond donors (Lipinski definition) is 2. The molecule has 2 N–H and O–H groups in total. The van der Waals surface area contributed by atoms with Crippen LogP contribution in [0.2, 0.25) is 0 Å². The monoisotopic (exact) mass is 241 g/mol. The molecule has 1 saturated carbocycles. The molecule has 0 aliphatic heterocycles. The highest BCUT2D eigenvalue weighted by atomic mass is 16.1. The minimum atomic E-state index is 0.119. The molecule has 4 nitrogen and oxygen atoms in total. The molecule has 1 aliphatic carbocycles. The van der Waals surface area contributed by atoms with Gasteiger partial charge in [-0.2, -0.15) is 0 Å². The Labute approximate surface area is 105 Å². The fourth-order valence-corrected chi connectivity index (χ4v) is 2.06. The Kier molecular flexibility index (Phi) is 6.52. The van der Waals surface area contributed by atoms with E-state index < -0.39 is 0 Å². The third-order valence-corrected chi connectivity index (χ3v) is 3.57. The first-order chi connectivity index (χ1) is 8.09. The number of likely N-dealkylation sites (N-methyl/N-ethyl adjacent to an activating group) is 1. The zero-order valence-corrected chi connectivity index (χ0v) is 11.5. The van der Waals surface area contributed by atoms with Gasteiger partial charge in [0.1, 0.15) is 0 Å². The van der Waals surface area contributed by atoms with Crippen LogP contribution in [-0.2, 0) is 4.79 Å². The summed E-state index contributed by atoms with van der Waals surface area (Å²) in [6.45, 7) is 6.43. The predicted molar refractivity (Wildman–Crippen MR) is 71.0 cm³/mol. The topological polar surface area (TPSA) is 44.4 Å². The lowest BCUT2D eigenvalue weighted by Gasteiger charge is -2.21.